The van der Waals surface area contributed by atoms with Crippen molar-refractivity contribution in [2.45, 2.75) is 96.4 Å². The highest BCUT2D eigenvalue weighted by molar-refractivity contribution is 6.30. The Morgan fingerprint density at radius 2 is 1.68 bits per heavy atom. The lowest BCUT2D eigenvalue weighted by atomic mass is 9.92. The molecule has 7 nitrogen and oxygen atoms in total. The van der Waals surface area contributed by atoms with E-state index in [0.29, 0.717) is 41.9 Å². The molecule has 3 aliphatic rings. The molecule has 3 heterocycles. The Hall–Kier alpha value is -2.45. The van der Waals surface area contributed by atoms with Crippen molar-refractivity contribution < 1.29 is 9.59 Å². The number of benzene rings is 2. The third-order valence-corrected chi connectivity index (χ3v) is 10.1. The first-order valence-electron chi connectivity index (χ1n) is 16.8. The molecule has 2 fully saturated rings. The van der Waals surface area contributed by atoms with Crippen LogP contribution in [0.4, 0.5) is 0 Å². The Morgan fingerprint density at radius 3 is 2.39 bits per heavy atom. The van der Waals surface area contributed by atoms with Crippen molar-refractivity contribution in [2.24, 2.45) is 5.92 Å². The molecule has 2 saturated heterocycles. The molecule has 8 heteroatoms. The SMILES string of the molecule is CC(C)CN(C1CCN(C(C)C)CC1)[C@H]1CCN(C(=O)[C@@H](Cc2ccc(Cl)cc2)NC(=O)CC2NCCc3ccccc32)C1. The summed E-state index contributed by atoms with van der Waals surface area (Å²) in [4.78, 5) is 35.0. The van der Waals surface area contributed by atoms with E-state index in [0.717, 1.165) is 57.7 Å². The molecule has 3 atom stereocenters. The molecule has 2 amide bonds. The lowest BCUT2D eigenvalue weighted by Crippen LogP contribution is -2.53. The van der Waals surface area contributed by atoms with Crippen LogP contribution in [0.5, 0.6) is 0 Å². The molecule has 0 aliphatic carbocycles. The Kier molecular flexibility index (Phi) is 11.4. The zero-order valence-corrected chi connectivity index (χ0v) is 27.9. The van der Waals surface area contributed by atoms with E-state index in [1.807, 2.05) is 35.2 Å². The average Bonchev–Trinajstić information content (AvgIpc) is 3.50. The maximum Gasteiger partial charge on any atom is 0.245 e. The molecule has 240 valence electrons. The van der Waals surface area contributed by atoms with E-state index in [1.165, 1.54) is 24.0 Å². The molecule has 0 aromatic heterocycles. The van der Waals surface area contributed by atoms with Crippen molar-refractivity contribution in [1.29, 1.82) is 0 Å². The predicted octanol–water partition coefficient (Wildman–Crippen LogP) is 5.08. The topological polar surface area (TPSA) is 67.9 Å². The van der Waals surface area contributed by atoms with E-state index in [-0.39, 0.29) is 17.9 Å². The molecule has 5 rings (SSSR count). The lowest BCUT2D eigenvalue weighted by molar-refractivity contribution is -0.136. The molecule has 1 unspecified atom stereocenters. The fourth-order valence-electron chi connectivity index (χ4n) is 7.45. The van der Waals surface area contributed by atoms with Gasteiger partial charge in [-0.05, 0) is 93.9 Å². The third-order valence-electron chi connectivity index (χ3n) is 9.81. The van der Waals surface area contributed by atoms with E-state index in [4.69, 9.17) is 11.6 Å². The van der Waals surface area contributed by atoms with Crippen LogP contribution in [0.2, 0.25) is 5.02 Å². The van der Waals surface area contributed by atoms with Crippen molar-refractivity contribution in [2.75, 3.05) is 39.3 Å². The smallest absolute Gasteiger partial charge is 0.245 e. The van der Waals surface area contributed by atoms with E-state index in [1.54, 1.807) is 0 Å². The number of carbonyl (C=O) groups excluding carboxylic acids is 2. The zero-order valence-electron chi connectivity index (χ0n) is 27.1. The standard InChI is InChI=1S/C36H52ClN5O2/c1-25(2)23-42(30-14-18-40(19-15-30)26(3)4)31-16-20-41(24-31)36(44)34(21-27-9-11-29(37)12-10-27)39-35(43)22-33-32-8-6-5-7-28(32)13-17-38-33/h5-12,25-26,30-31,33-34,38H,13-24H2,1-4H3,(H,39,43)/t31-,33?,34+/m0/s1. The molecule has 3 aliphatic heterocycles. The summed E-state index contributed by atoms with van der Waals surface area (Å²) in [6.45, 7) is 14.8. The Labute approximate surface area is 269 Å². The lowest BCUT2D eigenvalue weighted by Gasteiger charge is -2.43. The van der Waals surface area contributed by atoms with Crippen LogP contribution in [0.3, 0.4) is 0 Å². The number of likely N-dealkylation sites (tertiary alicyclic amines) is 2. The number of amides is 2. The maximum atomic E-state index is 14.2. The molecular weight excluding hydrogens is 570 g/mol. The first kappa shape index (κ1) is 32.9. The largest absolute Gasteiger partial charge is 0.344 e. The summed E-state index contributed by atoms with van der Waals surface area (Å²) in [5, 5.41) is 7.34. The van der Waals surface area contributed by atoms with Crippen LogP contribution in [-0.4, -0.2) is 89.9 Å². The van der Waals surface area contributed by atoms with Gasteiger partial charge in [-0.3, -0.25) is 14.5 Å². The molecule has 44 heavy (non-hydrogen) atoms. The predicted molar refractivity (Wildman–Crippen MR) is 179 cm³/mol. The number of nitrogens with zero attached hydrogens (tertiary/aromatic N) is 3. The summed E-state index contributed by atoms with van der Waals surface area (Å²) in [5.74, 6) is 0.492. The zero-order chi connectivity index (χ0) is 31.2. The minimum absolute atomic E-state index is 0.0203. The van der Waals surface area contributed by atoms with Crippen molar-refractivity contribution in [3.8, 4) is 0 Å². The van der Waals surface area contributed by atoms with E-state index in [2.05, 4.69) is 66.3 Å². The van der Waals surface area contributed by atoms with Gasteiger partial charge >= 0.3 is 0 Å². The van der Waals surface area contributed by atoms with Crippen molar-refractivity contribution in [3.63, 3.8) is 0 Å². The van der Waals surface area contributed by atoms with Crippen LogP contribution in [0.25, 0.3) is 0 Å². The summed E-state index contributed by atoms with van der Waals surface area (Å²) in [6.07, 6.45) is 5.06. The summed E-state index contributed by atoms with van der Waals surface area (Å²) in [7, 11) is 0. The number of rotatable bonds is 11. The molecular formula is C36H52ClN5O2. The monoisotopic (exact) mass is 621 g/mol. The van der Waals surface area contributed by atoms with Crippen LogP contribution < -0.4 is 10.6 Å². The third kappa shape index (κ3) is 8.42. The second-order valence-corrected chi connectivity index (χ2v) is 14.2. The number of halogens is 1. The first-order chi connectivity index (χ1) is 21.2. The minimum atomic E-state index is -0.617. The quantitative estimate of drug-likeness (QED) is 0.367. The molecule has 0 radical (unpaired) electrons. The molecule has 0 saturated carbocycles. The first-order valence-corrected chi connectivity index (χ1v) is 17.2. The number of nitrogens with one attached hydrogen (secondary N) is 2. The summed E-state index contributed by atoms with van der Waals surface area (Å²) >= 11 is 6.16. The fourth-order valence-corrected chi connectivity index (χ4v) is 7.58. The number of fused-ring (bicyclic) bond motifs is 1. The van der Waals surface area contributed by atoms with Gasteiger partial charge in [0, 0.05) is 61.7 Å². The summed E-state index contributed by atoms with van der Waals surface area (Å²) in [6, 6.07) is 16.8. The second kappa shape index (κ2) is 15.2. The minimum Gasteiger partial charge on any atom is -0.344 e. The van der Waals surface area contributed by atoms with Gasteiger partial charge in [-0.1, -0.05) is 61.8 Å². The van der Waals surface area contributed by atoms with Gasteiger partial charge in [0.05, 0.1) is 0 Å². The highest BCUT2D eigenvalue weighted by Crippen LogP contribution is 2.28. The van der Waals surface area contributed by atoms with Crippen molar-refractivity contribution >= 4 is 23.4 Å². The average molecular weight is 622 g/mol. The van der Waals surface area contributed by atoms with Gasteiger partial charge in [-0.2, -0.15) is 0 Å². The van der Waals surface area contributed by atoms with Crippen molar-refractivity contribution in [1.82, 2.24) is 25.3 Å². The van der Waals surface area contributed by atoms with Crippen LogP contribution >= 0.6 is 11.6 Å². The maximum absolute atomic E-state index is 14.2. The molecule has 2 aromatic rings. The van der Waals surface area contributed by atoms with E-state index < -0.39 is 6.04 Å². The summed E-state index contributed by atoms with van der Waals surface area (Å²) < 4.78 is 0. The fraction of sp³-hybridized carbons (Fsp3) is 0.611. The Balaban J connectivity index is 1.27. The van der Waals surface area contributed by atoms with Crippen molar-refractivity contribution in [3.05, 3.63) is 70.2 Å². The van der Waals surface area contributed by atoms with Gasteiger partial charge in [-0.15, -0.1) is 0 Å². The van der Waals surface area contributed by atoms with Gasteiger partial charge < -0.3 is 20.4 Å². The molecule has 2 aromatic carbocycles. The Morgan fingerprint density at radius 1 is 0.977 bits per heavy atom. The normalized spacial score (nSPS) is 22.0. The van der Waals surface area contributed by atoms with E-state index >= 15 is 0 Å². The summed E-state index contributed by atoms with van der Waals surface area (Å²) in [5.41, 5.74) is 3.46. The molecule has 0 spiro atoms. The number of hydrogen-bond donors (Lipinski definition) is 2. The van der Waals surface area contributed by atoms with Gasteiger partial charge in [0.15, 0.2) is 0 Å². The number of carbonyl (C=O) groups is 2. The molecule has 2 N–H and O–H groups in total. The highest BCUT2D eigenvalue weighted by atomic mass is 35.5. The second-order valence-electron chi connectivity index (χ2n) is 13.8. The number of hydrogen-bond acceptors (Lipinski definition) is 5. The van der Waals surface area contributed by atoms with E-state index in [9.17, 15) is 9.59 Å². The van der Waals surface area contributed by atoms with Crippen LogP contribution in [0.1, 0.15) is 76.1 Å². The van der Waals surface area contributed by atoms with Gasteiger partial charge in [0.2, 0.25) is 11.8 Å². The molecule has 0 bridgehead atoms. The van der Waals surface area contributed by atoms with Gasteiger partial charge in [0.25, 0.3) is 0 Å². The van der Waals surface area contributed by atoms with Crippen LogP contribution in [0.15, 0.2) is 48.5 Å². The Bertz CT molecular complexity index is 1240. The van der Waals surface area contributed by atoms with Crippen LogP contribution in [-0.2, 0) is 22.4 Å². The highest BCUT2D eigenvalue weighted by Gasteiger charge is 2.38. The van der Waals surface area contributed by atoms with Gasteiger partial charge in [-0.25, -0.2) is 0 Å². The van der Waals surface area contributed by atoms with Crippen LogP contribution in [0, 0.1) is 5.92 Å². The number of piperidine rings is 1. The van der Waals surface area contributed by atoms with Gasteiger partial charge in [0.1, 0.15) is 6.04 Å².